The molecule has 200 valence electrons. The van der Waals surface area contributed by atoms with E-state index in [9.17, 15) is 33.6 Å². The van der Waals surface area contributed by atoms with Crippen molar-refractivity contribution in [1.29, 1.82) is 0 Å². The van der Waals surface area contributed by atoms with Crippen LogP contribution in [0.5, 0.6) is 0 Å². The predicted molar refractivity (Wildman–Crippen MR) is 119 cm³/mol. The number of carboxylic acids is 4. The molecule has 0 aromatic carbocycles. The van der Waals surface area contributed by atoms with E-state index in [0.717, 1.165) is 22.0 Å². The number of rotatable bonds is 19. The molecule has 0 unspecified atom stereocenters. The normalized spacial score (nSPS) is 13.1. The van der Waals surface area contributed by atoms with Gasteiger partial charge in [0.2, 0.25) is 5.91 Å². The first-order valence-electron chi connectivity index (χ1n) is 10.7. The molecule has 0 fully saturated rings. The molecular formula is C20H29N5O11. The molecule has 0 saturated carbocycles. The van der Waals surface area contributed by atoms with Crippen LogP contribution in [0.15, 0.2) is 12.2 Å². The lowest BCUT2D eigenvalue weighted by atomic mass is 10.3. The van der Waals surface area contributed by atoms with Gasteiger partial charge in [0.1, 0.15) is 0 Å². The van der Waals surface area contributed by atoms with Crippen molar-refractivity contribution < 1.29 is 54.0 Å². The highest BCUT2D eigenvalue weighted by Gasteiger charge is 2.23. The third kappa shape index (κ3) is 12.5. The Morgan fingerprint density at radius 2 is 1.00 bits per heavy atom. The summed E-state index contributed by atoms with van der Waals surface area (Å²) < 4.78 is 0. The van der Waals surface area contributed by atoms with E-state index in [2.05, 4.69) is 5.32 Å². The van der Waals surface area contributed by atoms with E-state index in [1.54, 1.807) is 0 Å². The second-order valence-electron chi connectivity index (χ2n) is 7.78. The summed E-state index contributed by atoms with van der Waals surface area (Å²) in [5.41, 5.74) is 0. The van der Waals surface area contributed by atoms with Crippen LogP contribution in [0, 0.1) is 0 Å². The van der Waals surface area contributed by atoms with Gasteiger partial charge in [-0.25, -0.2) is 0 Å². The number of amides is 3. The van der Waals surface area contributed by atoms with Gasteiger partial charge in [0.05, 0.1) is 32.7 Å². The molecule has 3 amide bonds. The lowest BCUT2D eigenvalue weighted by Crippen LogP contribution is -2.47. The summed E-state index contributed by atoms with van der Waals surface area (Å²) >= 11 is 0. The molecule has 0 aromatic heterocycles. The molecule has 0 radical (unpaired) electrons. The van der Waals surface area contributed by atoms with Crippen molar-refractivity contribution >= 4 is 41.6 Å². The number of carbonyl (C=O) groups excluding carboxylic acids is 3. The monoisotopic (exact) mass is 515 g/mol. The van der Waals surface area contributed by atoms with Crippen LogP contribution in [-0.4, -0.2) is 154 Å². The van der Waals surface area contributed by atoms with Crippen molar-refractivity contribution in [2.24, 2.45) is 0 Å². The van der Waals surface area contributed by atoms with Crippen molar-refractivity contribution in [1.82, 2.24) is 24.9 Å². The highest BCUT2D eigenvalue weighted by atomic mass is 16.4. The van der Waals surface area contributed by atoms with Gasteiger partial charge in [0.25, 0.3) is 11.8 Å². The number of aliphatic carboxylic acids is 4. The van der Waals surface area contributed by atoms with Crippen LogP contribution >= 0.6 is 0 Å². The number of carbonyl (C=O) groups is 7. The van der Waals surface area contributed by atoms with Crippen LogP contribution in [-0.2, 0) is 33.6 Å². The number of hydrogen-bond acceptors (Lipinski definition) is 10. The molecule has 1 aliphatic rings. The molecule has 1 heterocycles. The third-order valence-corrected chi connectivity index (χ3v) is 4.83. The van der Waals surface area contributed by atoms with Gasteiger partial charge in [-0.3, -0.25) is 53.2 Å². The Morgan fingerprint density at radius 1 is 0.639 bits per heavy atom. The number of imide groups is 1. The first kappa shape index (κ1) is 30.1. The second-order valence-corrected chi connectivity index (χ2v) is 7.78. The fourth-order valence-electron chi connectivity index (χ4n) is 3.25. The lowest BCUT2D eigenvalue weighted by molar-refractivity contribution is -0.143. The third-order valence-electron chi connectivity index (χ3n) is 4.83. The van der Waals surface area contributed by atoms with E-state index in [0.29, 0.717) is 0 Å². The molecule has 1 aliphatic heterocycles. The SMILES string of the molecule is O=C(O)CN(CCN(CC(=O)O)CC(=O)O)CCN(CC(=O)O)CC(=O)NCCN1C(=O)C=CC1=O. The minimum atomic E-state index is -1.26. The minimum Gasteiger partial charge on any atom is -0.480 e. The average Bonchev–Trinajstić information content (AvgIpc) is 3.05. The van der Waals surface area contributed by atoms with E-state index in [1.165, 1.54) is 9.80 Å². The summed E-state index contributed by atoms with van der Waals surface area (Å²) in [4.78, 5) is 84.2. The van der Waals surface area contributed by atoms with Gasteiger partial charge in [-0.15, -0.1) is 0 Å². The maximum Gasteiger partial charge on any atom is 0.317 e. The molecule has 0 aromatic rings. The number of hydrogen-bond donors (Lipinski definition) is 5. The van der Waals surface area contributed by atoms with Crippen LogP contribution in [0.25, 0.3) is 0 Å². The van der Waals surface area contributed by atoms with E-state index in [-0.39, 0.29) is 45.8 Å². The van der Waals surface area contributed by atoms with Crippen molar-refractivity contribution in [2.45, 2.75) is 0 Å². The van der Waals surface area contributed by atoms with Crippen LogP contribution in [0.3, 0.4) is 0 Å². The predicted octanol–water partition coefficient (Wildman–Crippen LogP) is -3.73. The van der Waals surface area contributed by atoms with E-state index >= 15 is 0 Å². The Labute approximate surface area is 205 Å². The topological polar surface area (TPSA) is 225 Å². The maximum absolute atomic E-state index is 12.2. The molecular weight excluding hydrogens is 486 g/mol. The van der Waals surface area contributed by atoms with E-state index in [1.807, 2.05) is 0 Å². The molecule has 0 spiro atoms. The number of nitrogens with one attached hydrogen (secondary N) is 1. The van der Waals surface area contributed by atoms with Gasteiger partial charge in [-0.2, -0.15) is 0 Å². The molecule has 5 N–H and O–H groups in total. The summed E-state index contributed by atoms with van der Waals surface area (Å²) in [7, 11) is 0. The summed E-state index contributed by atoms with van der Waals surface area (Å²) in [5, 5.41) is 38.6. The van der Waals surface area contributed by atoms with Crippen LogP contribution in [0.2, 0.25) is 0 Å². The summed E-state index contributed by atoms with van der Waals surface area (Å²) in [6.07, 6.45) is 2.20. The van der Waals surface area contributed by atoms with Crippen molar-refractivity contribution in [3.05, 3.63) is 12.2 Å². The molecule has 0 bridgehead atoms. The highest BCUT2D eigenvalue weighted by molar-refractivity contribution is 6.12. The molecule has 0 saturated heterocycles. The average molecular weight is 515 g/mol. The molecule has 0 atom stereocenters. The van der Waals surface area contributed by atoms with Gasteiger partial charge in [0.15, 0.2) is 0 Å². The summed E-state index contributed by atoms with van der Waals surface area (Å²) in [6, 6.07) is 0. The Kier molecular flexibility index (Phi) is 12.7. The van der Waals surface area contributed by atoms with Crippen LogP contribution in [0.1, 0.15) is 0 Å². The zero-order valence-corrected chi connectivity index (χ0v) is 19.4. The Hall–Kier alpha value is -3.89. The van der Waals surface area contributed by atoms with Gasteiger partial charge >= 0.3 is 23.9 Å². The zero-order valence-electron chi connectivity index (χ0n) is 19.4. The first-order chi connectivity index (χ1) is 16.9. The summed E-state index contributed by atoms with van der Waals surface area (Å²) in [6.45, 7) is -2.78. The van der Waals surface area contributed by atoms with E-state index in [4.69, 9.17) is 20.4 Å². The smallest absolute Gasteiger partial charge is 0.317 e. The van der Waals surface area contributed by atoms with Gasteiger partial charge in [-0.05, 0) is 0 Å². The Morgan fingerprint density at radius 3 is 1.42 bits per heavy atom. The number of carboxylic acid groups (broad SMARTS) is 4. The zero-order chi connectivity index (χ0) is 27.3. The standard InChI is InChI=1S/C20H29N5O11/c26-14(21-3-4-25-15(27)1-2-16(25)28)9-23(11-18(31)32)7-5-22(10-17(29)30)6-8-24(12-19(33)34)13-20(35)36/h1-2H,3-13H2,(H,21,26)(H,29,30)(H,31,32)(H,33,34)(H,35,36). The van der Waals surface area contributed by atoms with Gasteiger partial charge in [-0.1, -0.05) is 0 Å². The summed E-state index contributed by atoms with van der Waals surface area (Å²) in [5.74, 6) is -6.55. The number of nitrogens with zero attached hydrogens (tertiary/aromatic N) is 4. The van der Waals surface area contributed by atoms with Crippen molar-refractivity contribution in [3.63, 3.8) is 0 Å². The molecule has 1 rings (SSSR count). The Bertz CT molecular complexity index is 857. The van der Waals surface area contributed by atoms with Crippen LogP contribution < -0.4 is 5.32 Å². The van der Waals surface area contributed by atoms with Crippen molar-refractivity contribution in [2.75, 3.05) is 72.0 Å². The minimum absolute atomic E-state index is 0.0106. The molecule has 36 heavy (non-hydrogen) atoms. The van der Waals surface area contributed by atoms with Crippen molar-refractivity contribution in [3.8, 4) is 0 Å². The first-order valence-corrected chi connectivity index (χ1v) is 10.7. The van der Waals surface area contributed by atoms with E-state index < -0.39 is 67.8 Å². The lowest BCUT2D eigenvalue weighted by Gasteiger charge is -2.27. The van der Waals surface area contributed by atoms with Gasteiger partial charge < -0.3 is 25.7 Å². The fraction of sp³-hybridized carbons (Fsp3) is 0.550. The maximum atomic E-state index is 12.2. The highest BCUT2D eigenvalue weighted by Crippen LogP contribution is 2.02. The molecule has 0 aliphatic carbocycles. The van der Waals surface area contributed by atoms with Crippen LogP contribution in [0.4, 0.5) is 0 Å². The molecule has 16 heteroatoms. The quantitative estimate of drug-likeness (QED) is 0.104. The second kappa shape index (κ2) is 15.2. The Balaban J connectivity index is 2.64. The fourth-order valence-corrected chi connectivity index (χ4v) is 3.25. The molecule has 16 nitrogen and oxygen atoms in total. The van der Waals surface area contributed by atoms with Gasteiger partial charge in [0, 0.05) is 51.4 Å². The largest absolute Gasteiger partial charge is 0.480 e.